The van der Waals surface area contributed by atoms with Crippen molar-refractivity contribution < 1.29 is 8.83 Å². The molecular weight excluding hydrogens is 805 g/mol. The molecule has 4 nitrogen and oxygen atoms in total. The summed E-state index contributed by atoms with van der Waals surface area (Å²) in [6.45, 7) is 0. The van der Waals surface area contributed by atoms with Crippen LogP contribution in [0.4, 0.5) is 0 Å². The molecular formula is C62H34N2O2. The molecule has 0 atom stereocenters. The normalized spacial score (nSPS) is 12.5. The van der Waals surface area contributed by atoms with Gasteiger partial charge in [0.15, 0.2) is 0 Å². The fourth-order valence-electron chi connectivity index (χ4n) is 11.6. The van der Waals surface area contributed by atoms with E-state index in [9.17, 15) is 0 Å². The Hall–Kier alpha value is -8.86. The first-order chi connectivity index (χ1) is 32.7. The second kappa shape index (κ2) is 12.4. The van der Waals surface area contributed by atoms with E-state index in [4.69, 9.17) is 8.83 Å². The Morgan fingerprint density at radius 3 is 1.44 bits per heavy atom. The number of nitrogens with zero attached hydrogens (tertiary/aromatic N) is 2. The molecule has 0 bridgehead atoms. The molecule has 4 heteroatoms. The molecule has 0 aliphatic rings. The lowest BCUT2D eigenvalue weighted by Crippen LogP contribution is -1.92. The van der Waals surface area contributed by atoms with Gasteiger partial charge >= 0.3 is 0 Å². The highest BCUT2D eigenvalue weighted by Gasteiger charge is 2.25. The smallest absolute Gasteiger partial charge is 0.135 e. The van der Waals surface area contributed by atoms with Gasteiger partial charge in [-0.2, -0.15) is 0 Å². The minimum atomic E-state index is 0.909. The Balaban J connectivity index is 0.990. The van der Waals surface area contributed by atoms with Crippen LogP contribution >= 0.6 is 0 Å². The number of furan rings is 2. The van der Waals surface area contributed by atoms with Gasteiger partial charge in [-0.3, -0.25) is 0 Å². The van der Waals surface area contributed by atoms with Crippen molar-refractivity contribution in [2.75, 3.05) is 0 Å². The zero-order valence-electron chi connectivity index (χ0n) is 35.3. The number of hydrogen-bond acceptors (Lipinski definition) is 2. The van der Waals surface area contributed by atoms with Gasteiger partial charge in [0, 0.05) is 59.5 Å². The van der Waals surface area contributed by atoms with E-state index in [2.05, 4.69) is 191 Å². The maximum Gasteiger partial charge on any atom is 0.135 e. The van der Waals surface area contributed by atoms with Crippen molar-refractivity contribution >= 4 is 125 Å². The van der Waals surface area contributed by atoms with Gasteiger partial charge in [-0.1, -0.05) is 109 Å². The third kappa shape index (κ3) is 4.57. The maximum atomic E-state index is 6.21. The summed E-state index contributed by atoms with van der Waals surface area (Å²) in [6.07, 6.45) is 0. The molecule has 16 aromatic rings. The van der Waals surface area contributed by atoms with E-state index < -0.39 is 0 Å². The maximum absolute atomic E-state index is 6.21. The lowest BCUT2D eigenvalue weighted by Gasteiger charge is -2.09. The Kier molecular flexibility index (Phi) is 6.52. The predicted octanol–water partition coefficient (Wildman–Crippen LogP) is 17.4. The van der Waals surface area contributed by atoms with E-state index >= 15 is 0 Å². The van der Waals surface area contributed by atoms with Crippen molar-refractivity contribution in [3.63, 3.8) is 0 Å². The van der Waals surface area contributed by atoms with E-state index in [0.717, 1.165) is 49.6 Å². The molecule has 0 saturated heterocycles. The number of benzene rings is 11. The molecule has 0 amide bonds. The van der Waals surface area contributed by atoms with Crippen molar-refractivity contribution in [3.8, 4) is 27.9 Å². The molecule has 0 fully saturated rings. The van der Waals surface area contributed by atoms with Gasteiger partial charge in [0.25, 0.3) is 0 Å². The minimum Gasteiger partial charge on any atom is -0.456 e. The van der Waals surface area contributed by atoms with Gasteiger partial charge in [-0.05, 0) is 141 Å². The summed E-state index contributed by atoms with van der Waals surface area (Å²) in [6, 6.07) is 75.6. The van der Waals surface area contributed by atoms with E-state index in [0.29, 0.717) is 0 Å². The van der Waals surface area contributed by atoms with Crippen molar-refractivity contribution in [2.45, 2.75) is 0 Å². The highest BCUT2D eigenvalue weighted by molar-refractivity contribution is 6.37. The van der Waals surface area contributed by atoms with Gasteiger partial charge in [0.05, 0.1) is 27.6 Å². The van der Waals surface area contributed by atoms with Crippen molar-refractivity contribution in [3.05, 3.63) is 206 Å². The Morgan fingerprint density at radius 2 is 0.788 bits per heavy atom. The lowest BCUT2D eigenvalue weighted by molar-refractivity contribution is 0.668. The third-order valence-corrected chi connectivity index (χ3v) is 14.5. The van der Waals surface area contributed by atoms with Gasteiger partial charge < -0.3 is 17.8 Å². The van der Waals surface area contributed by atoms with Crippen LogP contribution in [0.2, 0.25) is 0 Å². The van der Waals surface area contributed by atoms with Crippen molar-refractivity contribution in [1.29, 1.82) is 0 Å². The first-order valence-electron chi connectivity index (χ1n) is 22.6. The summed E-state index contributed by atoms with van der Waals surface area (Å²) in [4.78, 5) is 0. The molecule has 304 valence electrons. The fraction of sp³-hybridized carbons (Fsp3) is 0. The number of aromatic nitrogens is 2. The monoisotopic (exact) mass is 838 g/mol. The van der Waals surface area contributed by atoms with Crippen LogP contribution in [0.15, 0.2) is 215 Å². The van der Waals surface area contributed by atoms with Crippen LogP contribution in [0.5, 0.6) is 0 Å². The first kappa shape index (κ1) is 34.6. The summed E-state index contributed by atoms with van der Waals surface area (Å²) >= 11 is 0. The zero-order chi connectivity index (χ0) is 42.8. The fourth-order valence-corrected chi connectivity index (χ4v) is 11.6. The van der Waals surface area contributed by atoms with E-state index in [1.807, 2.05) is 24.3 Å². The van der Waals surface area contributed by atoms with Crippen LogP contribution in [0.3, 0.4) is 0 Å². The molecule has 0 aliphatic heterocycles. The van der Waals surface area contributed by atoms with Gasteiger partial charge in [0.2, 0.25) is 0 Å². The minimum absolute atomic E-state index is 0.909. The topological polar surface area (TPSA) is 35.6 Å². The number of rotatable bonds is 3. The summed E-state index contributed by atoms with van der Waals surface area (Å²) in [5, 5.41) is 17.0. The molecule has 0 radical (unpaired) electrons. The van der Waals surface area contributed by atoms with Crippen LogP contribution in [0.1, 0.15) is 0 Å². The standard InChI is InChI=1S/C62H34N2O2/c1-2-10-43(11-3-1)63-52-15-7-4-14-46(52)60-55(63)34-50-47-28-39-20-18-35(37-22-24-58-48(29-37)44-12-5-8-16-56(44)65-58)26-41(39)32-53(47)64-54-33-42-27-36(19-21-40(42)31-51(54)61(60)62(50)64)38-23-25-59-49(30-38)45-13-6-9-17-57(45)66-59/h1-34H. The molecule has 5 aromatic heterocycles. The second-order valence-corrected chi connectivity index (χ2v) is 18.0. The van der Waals surface area contributed by atoms with E-state index in [-0.39, 0.29) is 0 Å². The van der Waals surface area contributed by atoms with Crippen LogP contribution in [-0.4, -0.2) is 8.97 Å². The second-order valence-electron chi connectivity index (χ2n) is 18.0. The Bertz CT molecular complexity index is 4750. The van der Waals surface area contributed by atoms with Crippen LogP contribution in [-0.2, 0) is 0 Å². The number of hydrogen-bond donors (Lipinski definition) is 0. The molecule has 16 rings (SSSR count). The molecule has 0 unspecified atom stereocenters. The first-order valence-corrected chi connectivity index (χ1v) is 22.6. The highest BCUT2D eigenvalue weighted by Crippen LogP contribution is 2.48. The summed E-state index contributed by atoms with van der Waals surface area (Å²) in [7, 11) is 0. The molecule has 5 heterocycles. The van der Waals surface area contributed by atoms with Crippen LogP contribution in [0.25, 0.3) is 153 Å². The van der Waals surface area contributed by atoms with Crippen LogP contribution in [0, 0.1) is 0 Å². The molecule has 0 aliphatic carbocycles. The molecule has 0 saturated carbocycles. The summed E-state index contributed by atoms with van der Waals surface area (Å²) in [5.74, 6) is 0. The largest absolute Gasteiger partial charge is 0.456 e. The SMILES string of the molecule is c1ccc(-n2c3ccccc3c3c4c5cc6ccc(-c7ccc8oc9ccccc9c8c7)cc6cc5n5c6cc7cc(-c8ccc9oc%10ccccc%10c9c8)ccc7cc6c(cc32)c45)cc1. The van der Waals surface area contributed by atoms with Crippen LogP contribution < -0.4 is 0 Å². The average molecular weight is 839 g/mol. The predicted molar refractivity (Wildman–Crippen MR) is 276 cm³/mol. The Labute approximate surface area is 375 Å². The number of fused-ring (bicyclic) bond motifs is 18. The third-order valence-electron chi connectivity index (χ3n) is 14.5. The molecule has 0 N–H and O–H groups in total. The molecule has 66 heavy (non-hydrogen) atoms. The molecule has 11 aromatic carbocycles. The van der Waals surface area contributed by atoms with Gasteiger partial charge in [-0.15, -0.1) is 0 Å². The summed E-state index contributed by atoms with van der Waals surface area (Å²) in [5.41, 5.74) is 15.6. The van der Waals surface area contributed by atoms with E-state index in [1.54, 1.807) is 0 Å². The van der Waals surface area contributed by atoms with Crippen molar-refractivity contribution in [2.24, 2.45) is 0 Å². The number of para-hydroxylation sites is 4. The Morgan fingerprint density at radius 1 is 0.273 bits per heavy atom. The summed E-state index contributed by atoms with van der Waals surface area (Å²) < 4.78 is 17.4. The average Bonchev–Trinajstić information content (AvgIpc) is 4.17. The van der Waals surface area contributed by atoms with E-state index in [1.165, 1.54) is 104 Å². The van der Waals surface area contributed by atoms with Gasteiger partial charge in [-0.25, -0.2) is 0 Å². The van der Waals surface area contributed by atoms with Gasteiger partial charge in [0.1, 0.15) is 22.3 Å². The quantitative estimate of drug-likeness (QED) is 0.178. The van der Waals surface area contributed by atoms with Crippen molar-refractivity contribution in [1.82, 2.24) is 8.97 Å². The lowest BCUT2D eigenvalue weighted by atomic mass is 9.96. The zero-order valence-corrected chi connectivity index (χ0v) is 35.3. The highest BCUT2D eigenvalue weighted by atomic mass is 16.3. The molecule has 0 spiro atoms.